The molecule has 5 nitrogen and oxygen atoms in total. The van der Waals surface area contributed by atoms with E-state index in [9.17, 15) is 13.2 Å². The standard InChI is InChI=1S/C19H28N2O3S/c1-13(2)9-10-20-25(23,24)17-7-8-18-16(12-17)11-14(3)21(18)19(22)15-5-4-6-15/h7-8,12-15,20H,4-6,9-11H2,1-3H3. The molecule has 0 aromatic heterocycles. The molecular formula is C19H28N2O3S. The van der Waals surface area contributed by atoms with Gasteiger partial charge in [0.1, 0.15) is 0 Å². The molecule has 2 aliphatic rings. The van der Waals surface area contributed by atoms with Crippen LogP contribution in [0.5, 0.6) is 0 Å². The molecule has 1 unspecified atom stereocenters. The number of anilines is 1. The summed E-state index contributed by atoms with van der Waals surface area (Å²) in [7, 11) is -3.50. The van der Waals surface area contributed by atoms with Gasteiger partial charge in [-0.05, 0) is 62.3 Å². The van der Waals surface area contributed by atoms with Crippen molar-refractivity contribution in [2.45, 2.75) is 63.8 Å². The maximum atomic E-state index is 12.7. The Hall–Kier alpha value is -1.40. The van der Waals surface area contributed by atoms with Gasteiger partial charge in [-0.15, -0.1) is 0 Å². The van der Waals surface area contributed by atoms with Gasteiger partial charge in [-0.25, -0.2) is 13.1 Å². The summed E-state index contributed by atoms with van der Waals surface area (Å²) in [5.74, 6) is 0.798. The summed E-state index contributed by atoms with van der Waals surface area (Å²) < 4.78 is 27.6. The summed E-state index contributed by atoms with van der Waals surface area (Å²) in [6.45, 7) is 6.61. The van der Waals surface area contributed by atoms with Crippen molar-refractivity contribution in [1.82, 2.24) is 4.72 Å². The molecule has 138 valence electrons. The molecule has 25 heavy (non-hydrogen) atoms. The minimum absolute atomic E-state index is 0.0926. The third-order valence-electron chi connectivity index (χ3n) is 5.28. The van der Waals surface area contributed by atoms with Gasteiger partial charge in [-0.1, -0.05) is 20.3 Å². The highest BCUT2D eigenvalue weighted by Crippen LogP contribution is 2.38. The van der Waals surface area contributed by atoms with Gasteiger partial charge >= 0.3 is 0 Å². The topological polar surface area (TPSA) is 66.5 Å². The van der Waals surface area contributed by atoms with Gasteiger partial charge in [0, 0.05) is 24.2 Å². The first-order chi connectivity index (χ1) is 11.8. The minimum Gasteiger partial charge on any atom is -0.309 e. The van der Waals surface area contributed by atoms with Crippen molar-refractivity contribution in [3.63, 3.8) is 0 Å². The van der Waals surface area contributed by atoms with Crippen molar-refractivity contribution in [3.05, 3.63) is 23.8 Å². The van der Waals surface area contributed by atoms with E-state index < -0.39 is 10.0 Å². The number of nitrogens with one attached hydrogen (secondary N) is 1. The number of rotatable bonds is 6. The molecule has 1 aromatic carbocycles. The molecule has 6 heteroatoms. The molecule has 0 bridgehead atoms. The number of carbonyl (C=O) groups excluding carboxylic acids is 1. The fourth-order valence-electron chi connectivity index (χ4n) is 3.53. The van der Waals surface area contributed by atoms with Gasteiger partial charge in [-0.2, -0.15) is 0 Å². The number of nitrogens with zero attached hydrogens (tertiary/aromatic N) is 1. The van der Waals surface area contributed by atoms with E-state index in [1.54, 1.807) is 18.2 Å². The van der Waals surface area contributed by atoms with Crippen LogP contribution in [0.3, 0.4) is 0 Å². The molecule has 0 radical (unpaired) electrons. The first kappa shape index (κ1) is 18.4. The zero-order valence-electron chi connectivity index (χ0n) is 15.3. The van der Waals surface area contributed by atoms with Crippen molar-refractivity contribution in [1.29, 1.82) is 0 Å². The minimum atomic E-state index is -3.50. The van der Waals surface area contributed by atoms with E-state index in [0.717, 1.165) is 36.9 Å². The van der Waals surface area contributed by atoms with Crippen LogP contribution in [0.15, 0.2) is 23.1 Å². The van der Waals surface area contributed by atoms with Crippen molar-refractivity contribution in [2.24, 2.45) is 11.8 Å². The highest BCUT2D eigenvalue weighted by Gasteiger charge is 2.37. The van der Waals surface area contributed by atoms with E-state index in [2.05, 4.69) is 18.6 Å². The van der Waals surface area contributed by atoms with Crippen molar-refractivity contribution >= 4 is 21.6 Å². The van der Waals surface area contributed by atoms with Gasteiger partial charge in [0.05, 0.1) is 4.90 Å². The molecule has 0 saturated heterocycles. The number of benzene rings is 1. The van der Waals surface area contributed by atoms with Gasteiger partial charge < -0.3 is 4.90 Å². The van der Waals surface area contributed by atoms with Gasteiger partial charge in [-0.3, -0.25) is 4.79 Å². The van der Waals surface area contributed by atoms with Crippen LogP contribution in [0.4, 0.5) is 5.69 Å². The quantitative estimate of drug-likeness (QED) is 0.843. The number of amides is 1. The van der Waals surface area contributed by atoms with Crippen LogP contribution in [0.2, 0.25) is 0 Å². The molecule has 1 aliphatic carbocycles. The summed E-state index contributed by atoms with van der Waals surface area (Å²) in [6.07, 6.45) is 4.60. The normalized spacial score (nSPS) is 20.6. The third kappa shape index (κ3) is 3.75. The van der Waals surface area contributed by atoms with E-state index in [-0.39, 0.29) is 17.9 Å². The number of hydrogen-bond donors (Lipinski definition) is 1. The lowest BCUT2D eigenvalue weighted by Crippen LogP contribution is -2.42. The molecule has 1 amide bonds. The molecule has 1 aliphatic heterocycles. The Morgan fingerprint density at radius 1 is 1.32 bits per heavy atom. The van der Waals surface area contributed by atoms with Crippen LogP contribution >= 0.6 is 0 Å². The van der Waals surface area contributed by atoms with Gasteiger partial charge in [0.25, 0.3) is 0 Å². The van der Waals surface area contributed by atoms with Gasteiger partial charge in [0.15, 0.2) is 0 Å². The maximum Gasteiger partial charge on any atom is 0.240 e. The summed E-state index contributed by atoms with van der Waals surface area (Å²) in [5.41, 5.74) is 1.83. The fourth-order valence-corrected chi connectivity index (χ4v) is 4.63. The maximum absolute atomic E-state index is 12.7. The Kier molecular flexibility index (Phi) is 5.21. The molecule has 0 spiro atoms. The van der Waals surface area contributed by atoms with E-state index >= 15 is 0 Å². The summed E-state index contributed by atoms with van der Waals surface area (Å²) in [5, 5.41) is 0. The van der Waals surface area contributed by atoms with E-state index in [1.165, 1.54) is 0 Å². The second kappa shape index (κ2) is 7.08. The molecule has 1 heterocycles. The van der Waals surface area contributed by atoms with Crippen LogP contribution in [0, 0.1) is 11.8 Å². The highest BCUT2D eigenvalue weighted by molar-refractivity contribution is 7.89. The Morgan fingerprint density at radius 3 is 2.64 bits per heavy atom. The molecule has 1 saturated carbocycles. The Labute approximate surface area is 150 Å². The monoisotopic (exact) mass is 364 g/mol. The average molecular weight is 365 g/mol. The zero-order chi connectivity index (χ0) is 18.2. The molecule has 3 rings (SSSR count). The van der Waals surface area contributed by atoms with E-state index in [4.69, 9.17) is 0 Å². The molecule has 1 aromatic rings. The van der Waals surface area contributed by atoms with Crippen LogP contribution in [0.25, 0.3) is 0 Å². The molecular weight excluding hydrogens is 336 g/mol. The van der Waals surface area contributed by atoms with Crippen LogP contribution in [-0.4, -0.2) is 26.9 Å². The second-order valence-electron chi connectivity index (χ2n) is 7.76. The Bertz CT molecular complexity index is 754. The largest absolute Gasteiger partial charge is 0.309 e. The average Bonchev–Trinajstić information content (AvgIpc) is 2.79. The van der Waals surface area contributed by atoms with E-state index in [0.29, 0.717) is 23.8 Å². The molecule has 1 fully saturated rings. The number of hydrogen-bond acceptors (Lipinski definition) is 3. The molecule has 1 atom stereocenters. The number of sulfonamides is 1. The van der Waals surface area contributed by atoms with Gasteiger partial charge in [0.2, 0.25) is 15.9 Å². The Morgan fingerprint density at radius 2 is 2.04 bits per heavy atom. The zero-order valence-corrected chi connectivity index (χ0v) is 16.1. The first-order valence-electron chi connectivity index (χ1n) is 9.25. The molecule has 1 N–H and O–H groups in total. The fraction of sp³-hybridized carbons (Fsp3) is 0.632. The predicted molar refractivity (Wildman–Crippen MR) is 99.1 cm³/mol. The van der Waals surface area contributed by atoms with Crippen molar-refractivity contribution in [2.75, 3.05) is 11.4 Å². The number of fused-ring (bicyclic) bond motifs is 1. The van der Waals surface area contributed by atoms with Crippen molar-refractivity contribution in [3.8, 4) is 0 Å². The predicted octanol–water partition coefficient (Wildman–Crippen LogP) is 3.09. The van der Waals surface area contributed by atoms with Crippen LogP contribution in [-0.2, 0) is 21.2 Å². The van der Waals surface area contributed by atoms with Crippen LogP contribution < -0.4 is 9.62 Å². The lowest BCUT2D eigenvalue weighted by atomic mass is 9.84. The van der Waals surface area contributed by atoms with Crippen molar-refractivity contribution < 1.29 is 13.2 Å². The van der Waals surface area contributed by atoms with E-state index in [1.807, 2.05) is 11.8 Å². The smallest absolute Gasteiger partial charge is 0.240 e. The summed E-state index contributed by atoms with van der Waals surface area (Å²) in [6, 6.07) is 5.24. The third-order valence-corrected chi connectivity index (χ3v) is 6.74. The lowest BCUT2D eigenvalue weighted by Gasteiger charge is -2.32. The van der Waals surface area contributed by atoms with Crippen LogP contribution in [0.1, 0.15) is 52.0 Å². The number of carbonyl (C=O) groups is 1. The SMILES string of the molecule is CC(C)CCNS(=O)(=O)c1ccc2c(c1)CC(C)N2C(=O)C1CCC1. The lowest BCUT2D eigenvalue weighted by molar-refractivity contribution is -0.125. The Balaban J connectivity index is 1.79. The summed E-state index contributed by atoms with van der Waals surface area (Å²) >= 11 is 0. The highest BCUT2D eigenvalue weighted by atomic mass is 32.2. The summed E-state index contributed by atoms with van der Waals surface area (Å²) in [4.78, 5) is 14.9. The first-order valence-corrected chi connectivity index (χ1v) is 10.7. The second-order valence-corrected chi connectivity index (χ2v) is 9.53.